The van der Waals surface area contributed by atoms with Crippen molar-refractivity contribution in [3.05, 3.63) is 0 Å². The van der Waals surface area contributed by atoms with Crippen LogP contribution in [0.3, 0.4) is 0 Å². The lowest BCUT2D eigenvalue weighted by molar-refractivity contribution is -0.128. The molecule has 3 atom stereocenters. The minimum atomic E-state index is -0.294. The summed E-state index contributed by atoms with van der Waals surface area (Å²) in [5.41, 5.74) is 0. The molecule has 0 saturated heterocycles. The van der Waals surface area contributed by atoms with Crippen molar-refractivity contribution in [2.75, 3.05) is 13.6 Å². The van der Waals surface area contributed by atoms with E-state index in [1.807, 2.05) is 27.8 Å². The number of hydrogen-bond acceptors (Lipinski definition) is 3. The highest BCUT2D eigenvalue weighted by Crippen LogP contribution is 2.23. The Labute approximate surface area is 128 Å². The Morgan fingerprint density at radius 3 is 2.38 bits per heavy atom. The van der Waals surface area contributed by atoms with Crippen LogP contribution >= 0.6 is 0 Å². The summed E-state index contributed by atoms with van der Waals surface area (Å²) >= 11 is 0. The molecule has 5 heteroatoms. The van der Waals surface area contributed by atoms with Crippen LogP contribution in [-0.2, 0) is 9.59 Å². The summed E-state index contributed by atoms with van der Waals surface area (Å²) in [6.07, 6.45) is 4.71. The number of carbonyl (C=O) groups is 2. The SMILES string of the molecule is CC(C)NC(=O)CN(C)[C@H](C)C(=O)N[C@@H]1CCCC[C@@H]1C. The fourth-order valence-electron chi connectivity index (χ4n) is 2.77. The minimum absolute atomic E-state index is 0.0218. The molecule has 2 N–H and O–H groups in total. The molecule has 1 saturated carbocycles. The number of amides is 2. The van der Waals surface area contributed by atoms with E-state index in [1.165, 1.54) is 19.3 Å². The highest BCUT2D eigenvalue weighted by atomic mass is 16.2. The second kappa shape index (κ2) is 8.37. The second-order valence-electron chi connectivity index (χ2n) is 6.69. The zero-order valence-electron chi connectivity index (χ0n) is 14.1. The fourth-order valence-corrected chi connectivity index (χ4v) is 2.77. The van der Waals surface area contributed by atoms with E-state index >= 15 is 0 Å². The Morgan fingerprint density at radius 1 is 1.19 bits per heavy atom. The predicted molar refractivity (Wildman–Crippen MR) is 84.9 cm³/mol. The van der Waals surface area contributed by atoms with Gasteiger partial charge in [0, 0.05) is 12.1 Å². The quantitative estimate of drug-likeness (QED) is 0.781. The second-order valence-corrected chi connectivity index (χ2v) is 6.69. The molecule has 0 unspecified atom stereocenters. The first-order valence-electron chi connectivity index (χ1n) is 8.11. The maximum atomic E-state index is 12.3. The van der Waals surface area contributed by atoms with Gasteiger partial charge in [0.15, 0.2) is 0 Å². The standard InChI is InChI=1S/C16H31N3O2/c1-11(2)17-15(20)10-19(5)13(4)16(21)18-14-9-7-6-8-12(14)3/h11-14H,6-10H2,1-5H3,(H,17,20)(H,18,21)/t12-,13+,14+/m0/s1. The Morgan fingerprint density at radius 2 is 1.81 bits per heavy atom. The van der Waals surface area contributed by atoms with Gasteiger partial charge in [0.2, 0.25) is 11.8 Å². The van der Waals surface area contributed by atoms with Crippen molar-refractivity contribution in [3.63, 3.8) is 0 Å². The minimum Gasteiger partial charge on any atom is -0.353 e. The number of carbonyl (C=O) groups excluding carboxylic acids is 2. The fraction of sp³-hybridized carbons (Fsp3) is 0.875. The molecule has 1 aliphatic rings. The molecular formula is C16H31N3O2. The van der Waals surface area contributed by atoms with Gasteiger partial charge in [0.1, 0.15) is 0 Å². The molecule has 122 valence electrons. The van der Waals surface area contributed by atoms with E-state index in [0.717, 1.165) is 6.42 Å². The number of likely N-dealkylation sites (N-methyl/N-ethyl adjacent to an activating group) is 1. The van der Waals surface area contributed by atoms with E-state index in [0.29, 0.717) is 5.92 Å². The van der Waals surface area contributed by atoms with Crippen LogP contribution in [0.4, 0.5) is 0 Å². The van der Waals surface area contributed by atoms with Gasteiger partial charge in [0.25, 0.3) is 0 Å². The zero-order chi connectivity index (χ0) is 16.0. The molecule has 0 aromatic heterocycles. The van der Waals surface area contributed by atoms with Gasteiger partial charge in [-0.15, -0.1) is 0 Å². The molecule has 21 heavy (non-hydrogen) atoms. The molecule has 5 nitrogen and oxygen atoms in total. The summed E-state index contributed by atoms with van der Waals surface area (Å²) in [6.45, 7) is 8.16. The lowest BCUT2D eigenvalue weighted by Gasteiger charge is -2.32. The zero-order valence-corrected chi connectivity index (χ0v) is 14.1. The molecule has 1 rings (SSSR count). The Hall–Kier alpha value is -1.10. The van der Waals surface area contributed by atoms with E-state index in [1.54, 1.807) is 4.90 Å². The number of rotatable bonds is 6. The molecule has 0 spiro atoms. The third kappa shape index (κ3) is 6.04. The lowest BCUT2D eigenvalue weighted by Crippen LogP contribution is -2.51. The van der Waals surface area contributed by atoms with Crippen LogP contribution in [0.25, 0.3) is 0 Å². The topological polar surface area (TPSA) is 61.4 Å². The predicted octanol–water partition coefficient (Wildman–Crippen LogP) is 1.53. The summed E-state index contributed by atoms with van der Waals surface area (Å²) in [6, 6.07) is 0.113. The van der Waals surface area contributed by atoms with E-state index < -0.39 is 0 Å². The largest absolute Gasteiger partial charge is 0.353 e. The molecule has 0 aliphatic heterocycles. The number of hydrogen-bond donors (Lipinski definition) is 2. The lowest BCUT2D eigenvalue weighted by atomic mass is 9.86. The number of nitrogens with one attached hydrogen (secondary N) is 2. The molecule has 0 aromatic rings. The van der Waals surface area contributed by atoms with Crippen molar-refractivity contribution >= 4 is 11.8 Å². The van der Waals surface area contributed by atoms with Crippen molar-refractivity contribution in [2.45, 2.75) is 71.5 Å². The van der Waals surface area contributed by atoms with Crippen LogP contribution in [-0.4, -0.2) is 48.4 Å². The van der Waals surface area contributed by atoms with E-state index in [2.05, 4.69) is 17.6 Å². The van der Waals surface area contributed by atoms with E-state index in [-0.39, 0.29) is 36.5 Å². The smallest absolute Gasteiger partial charge is 0.237 e. The Balaban J connectivity index is 2.43. The van der Waals surface area contributed by atoms with Gasteiger partial charge < -0.3 is 10.6 Å². The average molecular weight is 297 g/mol. The molecule has 0 aromatic carbocycles. The summed E-state index contributed by atoms with van der Waals surface area (Å²) < 4.78 is 0. The van der Waals surface area contributed by atoms with Gasteiger partial charge in [-0.25, -0.2) is 0 Å². The van der Waals surface area contributed by atoms with Crippen LogP contribution in [0.2, 0.25) is 0 Å². The monoisotopic (exact) mass is 297 g/mol. The summed E-state index contributed by atoms with van der Waals surface area (Å²) in [7, 11) is 1.81. The van der Waals surface area contributed by atoms with Crippen molar-refractivity contribution in [1.82, 2.24) is 15.5 Å². The normalized spacial score (nSPS) is 24.0. The molecule has 2 amide bonds. The van der Waals surface area contributed by atoms with Crippen molar-refractivity contribution in [1.29, 1.82) is 0 Å². The van der Waals surface area contributed by atoms with Crippen LogP contribution in [0.5, 0.6) is 0 Å². The van der Waals surface area contributed by atoms with Gasteiger partial charge >= 0.3 is 0 Å². The molecule has 0 radical (unpaired) electrons. The molecule has 1 aliphatic carbocycles. The van der Waals surface area contributed by atoms with Gasteiger partial charge in [-0.1, -0.05) is 19.8 Å². The molecular weight excluding hydrogens is 266 g/mol. The van der Waals surface area contributed by atoms with Crippen LogP contribution in [0.15, 0.2) is 0 Å². The van der Waals surface area contributed by atoms with Gasteiger partial charge in [0.05, 0.1) is 12.6 Å². The third-order valence-electron chi connectivity index (χ3n) is 4.32. The third-order valence-corrected chi connectivity index (χ3v) is 4.32. The summed E-state index contributed by atoms with van der Waals surface area (Å²) in [5.74, 6) is 0.524. The first kappa shape index (κ1) is 18.0. The van der Waals surface area contributed by atoms with Crippen molar-refractivity contribution in [3.8, 4) is 0 Å². The van der Waals surface area contributed by atoms with Crippen LogP contribution in [0, 0.1) is 5.92 Å². The van der Waals surface area contributed by atoms with Crippen molar-refractivity contribution in [2.24, 2.45) is 5.92 Å². The van der Waals surface area contributed by atoms with Crippen LogP contribution < -0.4 is 10.6 Å². The highest BCUT2D eigenvalue weighted by Gasteiger charge is 2.26. The van der Waals surface area contributed by atoms with E-state index in [9.17, 15) is 9.59 Å². The molecule has 0 bridgehead atoms. The first-order chi connectivity index (χ1) is 9.81. The molecule has 0 heterocycles. The van der Waals surface area contributed by atoms with E-state index in [4.69, 9.17) is 0 Å². The first-order valence-corrected chi connectivity index (χ1v) is 8.11. The summed E-state index contributed by atoms with van der Waals surface area (Å²) in [4.78, 5) is 25.9. The Kier molecular flexibility index (Phi) is 7.15. The maximum Gasteiger partial charge on any atom is 0.237 e. The molecule has 1 fully saturated rings. The van der Waals surface area contributed by atoms with Gasteiger partial charge in [-0.05, 0) is 46.6 Å². The summed E-state index contributed by atoms with van der Waals surface area (Å²) in [5, 5.41) is 5.99. The Bertz CT molecular complexity index is 357. The average Bonchev–Trinajstić information content (AvgIpc) is 2.39. The van der Waals surface area contributed by atoms with Crippen molar-refractivity contribution < 1.29 is 9.59 Å². The highest BCUT2D eigenvalue weighted by molar-refractivity contribution is 5.83. The van der Waals surface area contributed by atoms with Crippen LogP contribution in [0.1, 0.15) is 53.4 Å². The van der Waals surface area contributed by atoms with Gasteiger partial charge in [-0.3, -0.25) is 14.5 Å². The maximum absolute atomic E-state index is 12.3. The number of nitrogens with zero attached hydrogens (tertiary/aromatic N) is 1. The van der Waals surface area contributed by atoms with Gasteiger partial charge in [-0.2, -0.15) is 0 Å².